The molecule has 5 nitrogen and oxygen atoms in total. The van der Waals surface area contributed by atoms with Gasteiger partial charge in [-0.15, -0.1) is 11.3 Å². The average molecular weight is 342 g/mol. The maximum absolute atomic E-state index is 12.7. The minimum absolute atomic E-state index is 0.200. The number of carbonyl (C=O) groups is 2. The molecule has 2 amide bonds. The van der Waals surface area contributed by atoms with Gasteiger partial charge < -0.3 is 15.0 Å². The number of hydrogen-bond acceptors (Lipinski definition) is 4. The van der Waals surface area contributed by atoms with Gasteiger partial charge in [-0.25, -0.2) is 9.59 Å². The predicted molar refractivity (Wildman–Crippen MR) is 92.3 cm³/mol. The molecule has 2 aromatic rings. The molecule has 1 unspecified atom stereocenters. The smallest absolute Gasteiger partial charge is 0.338 e. The average Bonchev–Trinajstić information content (AvgIpc) is 3.12. The molecule has 0 saturated heterocycles. The molecule has 0 bridgehead atoms. The fourth-order valence-electron chi connectivity index (χ4n) is 2.57. The Bertz CT molecular complexity index is 769. The van der Waals surface area contributed by atoms with Gasteiger partial charge >= 0.3 is 12.0 Å². The van der Waals surface area contributed by atoms with Crippen molar-refractivity contribution in [2.24, 2.45) is 0 Å². The highest BCUT2D eigenvalue weighted by atomic mass is 32.1. The van der Waals surface area contributed by atoms with E-state index in [-0.39, 0.29) is 12.6 Å². The molecule has 6 heteroatoms. The molecule has 1 atom stereocenters. The van der Waals surface area contributed by atoms with Crippen molar-refractivity contribution in [3.05, 3.63) is 69.6 Å². The standard InChI is InChI=1S/C18H18N2O3S/c1-12-15(17(21)23-11-13-7-4-3-5-8-13)16(14-9-6-10-24-14)19-18(22)20(12)2/h3-10,16H,11H2,1-2H3,(H,19,22). The number of hydrogen-bond donors (Lipinski definition) is 1. The van der Waals surface area contributed by atoms with E-state index in [0.29, 0.717) is 11.3 Å². The zero-order valence-electron chi connectivity index (χ0n) is 13.5. The van der Waals surface area contributed by atoms with E-state index in [1.807, 2.05) is 47.8 Å². The van der Waals surface area contributed by atoms with Gasteiger partial charge in [-0.1, -0.05) is 36.4 Å². The summed E-state index contributed by atoms with van der Waals surface area (Å²) in [5.41, 5.74) is 2.00. The van der Waals surface area contributed by atoms with Crippen LogP contribution < -0.4 is 5.32 Å². The van der Waals surface area contributed by atoms with Crippen molar-refractivity contribution < 1.29 is 14.3 Å². The number of nitrogens with zero attached hydrogens (tertiary/aromatic N) is 1. The van der Waals surface area contributed by atoms with Gasteiger partial charge in [0.2, 0.25) is 0 Å². The summed E-state index contributed by atoms with van der Waals surface area (Å²) >= 11 is 1.50. The highest BCUT2D eigenvalue weighted by molar-refractivity contribution is 7.10. The van der Waals surface area contributed by atoms with Gasteiger partial charge in [-0.3, -0.25) is 0 Å². The van der Waals surface area contributed by atoms with Crippen LogP contribution in [0.15, 0.2) is 59.1 Å². The summed E-state index contributed by atoms with van der Waals surface area (Å²) in [6.07, 6.45) is 0. The van der Waals surface area contributed by atoms with Crippen LogP contribution in [-0.2, 0) is 16.1 Å². The number of urea groups is 1. The molecule has 0 spiro atoms. The number of thiophene rings is 1. The summed E-state index contributed by atoms with van der Waals surface area (Å²) in [5, 5.41) is 4.79. The third-order valence-electron chi connectivity index (χ3n) is 4.01. The molecule has 0 aliphatic carbocycles. The topological polar surface area (TPSA) is 58.6 Å². The lowest BCUT2D eigenvalue weighted by Crippen LogP contribution is -2.46. The van der Waals surface area contributed by atoms with Crippen LogP contribution in [0.2, 0.25) is 0 Å². The lowest BCUT2D eigenvalue weighted by molar-refractivity contribution is -0.140. The first-order chi connectivity index (χ1) is 11.6. The Labute approximate surface area is 144 Å². The molecule has 0 radical (unpaired) electrons. The molecule has 1 aromatic carbocycles. The first kappa shape index (κ1) is 16.3. The highest BCUT2D eigenvalue weighted by Gasteiger charge is 2.35. The van der Waals surface area contributed by atoms with Crippen LogP contribution in [0.1, 0.15) is 23.4 Å². The first-order valence-corrected chi connectivity index (χ1v) is 8.45. The molecular formula is C18H18N2O3S. The van der Waals surface area contributed by atoms with Crippen molar-refractivity contribution in [1.29, 1.82) is 0 Å². The summed E-state index contributed by atoms with van der Waals surface area (Å²) in [4.78, 5) is 27.1. The molecule has 1 aromatic heterocycles. The Balaban J connectivity index is 1.86. The molecule has 0 fully saturated rings. The number of amides is 2. The van der Waals surface area contributed by atoms with Crippen molar-refractivity contribution in [3.8, 4) is 0 Å². The number of esters is 1. The minimum Gasteiger partial charge on any atom is -0.457 e. The van der Waals surface area contributed by atoms with Crippen LogP contribution in [0.5, 0.6) is 0 Å². The Kier molecular flexibility index (Phi) is 4.66. The van der Waals surface area contributed by atoms with Gasteiger partial charge in [0.05, 0.1) is 11.6 Å². The predicted octanol–water partition coefficient (Wildman–Crippen LogP) is 3.46. The maximum Gasteiger partial charge on any atom is 0.338 e. The lowest BCUT2D eigenvalue weighted by Gasteiger charge is -2.32. The van der Waals surface area contributed by atoms with E-state index in [1.54, 1.807) is 14.0 Å². The van der Waals surface area contributed by atoms with Crippen molar-refractivity contribution in [2.75, 3.05) is 7.05 Å². The fraction of sp³-hybridized carbons (Fsp3) is 0.222. The van der Waals surface area contributed by atoms with Crippen LogP contribution in [0.4, 0.5) is 4.79 Å². The zero-order chi connectivity index (χ0) is 17.1. The summed E-state index contributed by atoms with van der Waals surface area (Å²) < 4.78 is 5.48. The monoisotopic (exact) mass is 342 g/mol. The van der Waals surface area contributed by atoms with Crippen LogP contribution >= 0.6 is 11.3 Å². The van der Waals surface area contributed by atoms with Gasteiger partial charge in [0, 0.05) is 17.6 Å². The lowest BCUT2D eigenvalue weighted by atomic mass is 10.0. The van der Waals surface area contributed by atoms with E-state index in [2.05, 4.69) is 5.32 Å². The number of carbonyl (C=O) groups excluding carboxylic acids is 2. The van der Waals surface area contributed by atoms with E-state index < -0.39 is 12.0 Å². The molecular weight excluding hydrogens is 324 g/mol. The molecule has 124 valence electrons. The number of allylic oxidation sites excluding steroid dienone is 1. The minimum atomic E-state index is -0.475. The second-order valence-electron chi connectivity index (χ2n) is 5.52. The number of rotatable bonds is 4. The zero-order valence-corrected chi connectivity index (χ0v) is 14.3. The quantitative estimate of drug-likeness (QED) is 0.866. The second kappa shape index (κ2) is 6.88. The fourth-order valence-corrected chi connectivity index (χ4v) is 3.35. The third-order valence-corrected chi connectivity index (χ3v) is 4.95. The first-order valence-electron chi connectivity index (χ1n) is 7.57. The van der Waals surface area contributed by atoms with Gasteiger partial charge in [0.15, 0.2) is 0 Å². The SMILES string of the molecule is CC1=C(C(=O)OCc2ccccc2)C(c2cccs2)NC(=O)N1C. The van der Waals surface area contributed by atoms with E-state index in [4.69, 9.17) is 4.74 Å². The molecule has 24 heavy (non-hydrogen) atoms. The number of nitrogens with one attached hydrogen (secondary N) is 1. The largest absolute Gasteiger partial charge is 0.457 e. The molecule has 1 aliphatic rings. The van der Waals surface area contributed by atoms with E-state index in [9.17, 15) is 9.59 Å². The third kappa shape index (κ3) is 3.19. The van der Waals surface area contributed by atoms with Crippen molar-refractivity contribution in [3.63, 3.8) is 0 Å². The Morgan fingerprint density at radius 1 is 1.25 bits per heavy atom. The normalized spacial score (nSPS) is 17.7. The van der Waals surface area contributed by atoms with E-state index in [0.717, 1.165) is 10.4 Å². The Morgan fingerprint density at radius 2 is 2.00 bits per heavy atom. The van der Waals surface area contributed by atoms with Crippen LogP contribution in [0, 0.1) is 0 Å². The van der Waals surface area contributed by atoms with E-state index in [1.165, 1.54) is 16.2 Å². The highest BCUT2D eigenvalue weighted by Crippen LogP contribution is 2.33. The van der Waals surface area contributed by atoms with Crippen LogP contribution in [0.3, 0.4) is 0 Å². The number of ether oxygens (including phenoxy) is 1. The summed E-state index contributed by atoms with van der Waals surface area (Å²) in [7, 11) is 1.64. The Hall–Kier alpha value is -2.60. The second-order valence-corrected chi connectivity index (χ2v) is 6.50. The van der Waals surface area contributed by atoms with Crippen molar-refractivity contribution in [2.45, 2.75) is 19.6 Å². The summed E-state index contributed by atoms with van der Waals surface area (Å²) in [6, 6.07) is 12.6. The summed E-state index contributed by atoms with van der Waals surface area (Å²) in [6.45, 7) is 1.96. The van der Waals surface area contributed by atoms with Crippen molar-refractivity contribution in [1.82, 2.24) is 10.2 Å². The maximum atomic E-state index is 12.7. The van der Waals surface area contributed by atoms with Crippen molar-refractivity contribution >= 4 is 23.3 Å². The van der Waals surface area contributed by atoms with Gasteiger partial charge in [-0.2, -0.15) is 0 Å². The number of benzene rings is 1. The van der Waals surface area contributed by atoms with Gasteiger partial charge in [0.25, 0.3) is 0 Å². The van der Waals surface area contributed by atoms with Gasteiger partial charge in [-0.05, 0) is 23.9 Å². The van der Waals surface area contributed by atoms with E-state index >= 15 is 0 Å². The molecule has 2 heterocycles. The Morgan fingerprint density at radius 3 is 2.67 bits per heavy atom. The van der Waals surface area contributed by atoms with Gasteiger partial charge in [0.1, 0.15) is 6.61 Å². The van der Waals surface area contributed by atoms with Crippen LogP contribution in [-0.4, -0.2) is 23.9 Å². The van der Waals surface area contributed by atoms with Crippen LogP contribution in [0.25, 0.3) is 0 Å². The molecule has 1 N–H and O–H groups in total. The summed E-state index contributed by atoms with van der Waals surface area (Å²) in [5.74, 6) is -0.415. The molecule has 1 aliphatic heterocycles. The molecule has 0 saturated carbocycles. The molecule has 3 rings (SSSR count).